The fraction of sp³-hybridized carbons (Fsp3) is 0.667. The third-order valence-corrected chi connectivity index (χ3v) is 5.57. The Balaban J connectivity index is 2.12. The Bertz CT molecular complexity index is 597. The van der Waals surface area contributed by atoms with Gasteiger partial charge in [-0.1, -0.05) is 6.42 Å². The lowest BCUT2D eigenvalue weighted by Gasteiger charge is -2.40. The summed E-state index contributed by atoms with van der Waals surface area (Å²) in [7, 11) is -3.66. The Morgan fingerprint density at radius 1 is 1.45 bits per heavy atom. The molecule has 0 aromatic carbocycles. The van der Waals surface area contributed by atoms with Crippen LogP contribution in [-0.2, 0) is 14.8 Å². The van der Waals surface area contributed by atoms with Crippen LogP contribution in [0.4, 0.5) is 0 Å². The van der Waals surface area contributed by atoms with E-state index in [0.717, 1.165) is 19.3 Å². The highest BCUT2D eigenvalue weighted by Gasteiger charge is 2.40. The summed E-state index contributed by atoms with van der Waals surface area (Å²) in [5, 5.41) is 15.4. The standard InChI is InChI=1S/C12H19N3O4S/c1-8-11(9(2)15-14-8)20(18,19)13-7-12(4-3-5-12)6-10(16)17/h13H,3-7H2,1-2H3,(H,14,15)(H,16,17). The van der Waals surface area contributed by atoms with Crippen molar-refractivity contribution in [3.8, 4) is 0 Å². The van der Waals surface area contributed by atoms with Crippen LogP contribution < -0.4 is 4.72 Å². The van der Waals surface area contributed by atoms with Gasteiger partial charge in [0, 0.05) is 6.54 Å². The minimum Gasteiger partial charge on any atom is -0.481 e. The number of hydrogen-bond donors (Lipinski definition) is 3. The summed E-state index contributed by atoms with van der Waals surface area (Å²) in [4.78, 5) is 11.0. The lowest BCUT2D eigenvalue weighted by atomic mass is 9.67. The molecule has 7 nitrogen and oxygen atoms in total. The summed E-state index contributed by atoms with van der Waals surface area (Å²) in [5.74, 6) is -0.889. The molecule has 1 aliphatic carbocycles. The smallest absolute Gasteiger partial charge is 0.303 e. The van der Waals surface area contributed by atoms with Gasteiger partial charge in [-0.3, -0.25) is 9.89 Å². The van der Waals surface area contributed by atoms with E-state index in [0.29, 0.717) is 11.4 Å². The van der Waals surface area contributed by atoms with Gasteiger partial charge in [0.2, 0.25) is 10.0 Å². The van der Waals surface area contributed by atoms with Crippen molar-refractivity contribution < 1.29 is 18.3 Å². The topological polar surface area (TPSA) is 112 Å². The summed E-state index contributed by atoms with van der Waals surface area (Å²) < 4.78 is 27.1. The Hall–Kier alpha value is -1.41. The summed E-state index contributed by atoms with van der Waals surface area (Å²) in [6.45, 7) is 3.42. The van der Waals surface area contributed by atoms with Gasteiger partial charge in [0.15, 0.2) is 0 Å². The highest BCUT2D eigenvalue weighted by molar-refractivity contribution is 7.89. The molecule has 1 aromatic rings. The summed E-state index contributed by atoms with van der Waals surface area (Å²) in [6, 6.07) is 0. The minimum absolute atomic E-state index is 0.00112. The predicted octanol–water partition coefficient (Wildman–Crippen LogP) is 0.950. The number of carboxylic acids is 1. The first-order valence-corrected chi connectivity index (χ1v) is 7.97. The Labute approximate surface area is 117 Å². The molecule has 1 aliphatic rings. The molecular formula is C12H19N3O4S. The molecule has 0 bridgehead atoms. The van der Waals surface area contributed by atoms with Gasteiger partial charge < -0.3 is 5.11 Å². The molecule has 1 heterocycles. The van der Waals surface area contributed by atoms with Gasteiger partial charge >= 0.3 is 5.97 Å². The molecule has 0 unspecified atom stereocenters. The molecule has 8 heteroatoms. The van der Waals surface area contributed by atoms with Crippen molar-refractivity contribution in [1.82, 2.24) is 14.9 Å². The van der Waals surface area contributed by atoms with E-state index >= 15 is 0 Å². The molecule has 0 radical (unpaired) electrons. The van der Waals surface area contributed by atoms with Crippen molar-refractivity contribution in [2.75, 3.05) is 6.54 Å². The number of rotatable bonds is 6. The van der Waals surface area contributed by atoms with E-state index in [1.807, 2.05) is 0 Å². The fourth-order valence-corrected chi connectivity index (χ4v) is 4.19. The van der Waals surface area contributed by atoms with Gasteiger partial charge in [0.1, 0.15) is 4.90 Å². The van der Waals surface area contributed by atoms with Crippen molar-refractivity contribution in [3.05, 3.63) is 11.4 Å². The van der Waals surface area contributed by atoms with Crippen LogP contribution in [0.2, 0.25) is 0 Å². The number of carbonyl (C=O) groups is 1. The highest BCUT2D eigenvalue weighted by Crippen LogP contribution is 2.43. The first kappa shape index (κ1) is 15.0. The number of hydrogen-bond acceptors (Lipinski definition) is 4. The number of aliphatic carboxylic acids is 1. The van der Waals surface area contributed by atoms with Crippen LogP contribution in [0, 0.1) is 19.3 Å². The second-order valence-electron chi connectivity index (χ2n) is 5.51. The van der Waals surface area contributed by atoms with Gasteiger partial charge in [-0.2, -0.15) is 5.10 Å². The zero-order valence-corrected chi connectivity index (χ0v) is 12.4. The highest BCUT2D eigenvalue weighted by atomic mass is 32.2. The molecule has 112 valence electrons. The Kier molecular flexibility index (Phi) is 3.88. The lowest BCUT2D eigenvalue weighted by Crippen LogP contribution is -2.43. The normalized spacial score (nSPS) is 17.7. The van der Waals surface area contributed by atoms with Crippen LogP contribution >= 0.6 is 0 Å². The predicted molar refractivity (Wildman–Crippen MR) is 71.8 cm³/mol. The number of aromatic amines is 1. The van der Waals surface area contributed by atoms with Gasteiger partial charge in [-0.05, 0) is 32.1 Å². The number of aryl methyl sites for hydroxylation is 2. The zero-order chi connectivity index (χ0) is 15.0. The third-order valence-electron chi connectivity index (χ3n) is 3.91. The number of sulfonamides is 1. The van der Waals surface area contributed by atoms with Crippen molar-refractivity contribution >= 4 is 16.0 Å². The van der Waals surface area contributed by atoms with E-state index in [-0.39, 0.29) is 17.9 Å². The maximum absolute atomic E-state index is 12.3. The number of carboxylic acid groups (broad SMARTS) is 1. The first-order valence-electron chi connectivity index (χ1n) is 6.49. The molecule has 1 saturated carbocycles. The van der Waals surface area contributed by atoms with Crippen molar-refractivity contribution in [3.63, 3.8) is 0 Å². The van der Waals surface area contributed by atoms with Gasteiger partial charge in [-0.25, -0.2) is 13.1 Å². The molecule has 0 saturated heterocycles. The second-order valence-corrected chi connectivity index (χ2v) is 7.22. The van der Waals surface area contributed by atoms with E-state index in [4.69, 9.17) is 5.11 Å². The summed E-state index contributed by atoms with van der Waals surface area (Å²) in [6.07, 6.45) is 2.42. The van der Waals surface area contributed by atoms with Gasteiger partial charge in [-0.15, -0.1) is 0 Å². The molecule has 2 rings (SSSR count). The van der Waals surface area contributed by atoms with Crippen molar-refractivity contribution in [2.45, 2.75) is 44.4 Å². The Morgan fingerprint density at radius 3 is 2.50 bits per heavy atom. The van der Waals surface area contributed by atoms with Crippen LogP contribution in [0.15, 0.2) is 4.90 Å². The maximum atomic E-state index is 12.3. The molecule has 3 N–H and O–H groups in total. The average molecular weight is 301 g/mol. The molecule has 0 amide bonds. The Morgan fingerprint density at radius 2 is 2.10 bits per heavy atom. The van der Waals surface area contributed by atoms with Gasteiger partial charge in [0.25, 0.3) is 0 Å². The largest absolute Gasteiger partial charge is 0.481 e. The van der Waals surface area contributed by atoms with E-state index in [1.165, 1.54) is 0 Å². The average Bonchev–Trinajstić information content (AvgIpc) is 2.62. The van der Waals surface area contributed by atoms with E-state index < -0.39 is 21.4 Å². The molecule has 0 spiro atoms. The molecule has 0 aliphatic heterocycles. The van der Waals surface area contributed by atoms with Crippen LogP contribution in [0.25, 0.3) is 0 Å². The van der Waals surface area contributed by atoms with E-state index in [2.05, 4.69) is 14.9 Å². The van der Waals surface area contributed by atoms with Crippen molar-refractivity contribution in [2.24, 2.45) is 5.41 Å². The van der Waals surface area contributed by atoms with E-state index in [9.17, 15) is 13.2 Å². The molecule has 20 heavy (non-hydrogen) atoms. The number of H-pyrrole nitrogens is 1. The maximum Gasteiger partial charge on any atom is 0.303 e. The minimum atomic E-state index is -3.66. The fourth-order valence-electron chi connectivity index (χ4n) is 2.67. The van der Waals surface area contributed by atoms with Gasteiger partial charge in [0.05, 0.1) is 17.8 Å². The molecule has 0 atom stereocenters. The van der Waals surface area contributed by atoms with E-state index in [1.54, 1.807) is 13.8 Å². The third kappa shape index (κ3) is 2.85. The second kappa shape index (κ2) is 5.17. The zero-order valence-electron chi connectivity index (χ0n) is 11.6. The monoisotopic (exact) mass is 301 g/mol. The molecule has 1 fully saturated rings. The SMILES string of the molecule is Cc1n[nH]c(C)c1S(=O)(=O)NCC1(CC(=O)O)CCC1. The number of nitrogens with zero attached hydrogens (tertiary/aromatic N) is 1. The quantitative estimate of drug-likeness (QED) is 0.724. The first-order chi connectivity index (χ1) is 9.26. The summed E-state index contributed by atoms with van der Waals surface area (Å²) in [5.41, 5.74) is 0.455. The van der Waals surface area contributed by atoms with Crippen LogP contribution in [0.1, 0.15) is 37.1 Å². The van der Waals surface area contributed by atoms with Crippen molar-refractivity contribution in [1.29, 1.82) is 0 Å². The molecular weight excluding hydrogens is 282 g/mol. The molecule has 1 aromatic heterocycles. The van der Waals surface area contributed by atoms with Crippen LogP contribution in [0.5, 0.6) is 0 Å². The van der Waals surface area contributed by atoms with Crippen LogP contribution in [0.3, 0.4) is 0 Å². The summed E-state index contributed by atoms with van der Waals surface area (Å²) >= 11 is 0. The lowest BCUT2D eigenvalue weighted by molar-refractivity contribution is -0.141. The number of nitrogens with one attached hydrogen (secondary N) is 2. The van der Waals surface area contributed by atoms with Crippen LogP contribution in [-0.4, -0.2) is 36.2 Å². The number of aromatic nitrogens is 2.